The average Bonchev–Trinajstić information content (AvgIpc) is 3.08. The standard InChI is InChI=1S/C21H25NO8S/c1-21(2)28-13-18(30-21)19(12-22-20(23)24)31(25,26)17-10-8-16(9-11-17)29-15-6-4-14(27-3)5-7-15/h4-11,18-19,22H,12-13H2,1-3H3,(H,23,24)/t18-,19?/m0/s1. The molecule has 1 unspecified atom stereocenters. The van der Waals surface area contributed by atoms with Gasteiger partial charge in [-0.05, 0) is 62.4 Å². The number of hydrogen-bond acceptors (Lipinski definition) is 7. The lowest BCUT2D eigenvalue weighted by Gasteiger charge is -2.24. The van der Waals surface area contributed by atoms with E-state index in [9.17, 15) is 13.2 Å². The molecule has 2 atom stereocenters. The van der Waals surface area contributed by atoms with Crippen LogP contribution in [0.3, 0.4) is 0 Å². The summed E-state index contributed by atoms with van der Waals surface area (Å²) in [5.41, 5.74) is 0. The molecule has 1 heterocycles. The number of carbonyl (C=O) groups is 1. The van der Waals surface area contributed by atoms with Crippen molar-refractivity contribution in [2.45, 2.75) is 35.9 Å². The second kappa shape index (κ2) is 9.13. The number of benzene rings is 2. The molecule has 168 valence electrons. The third-order valence-electron chi connectivity index (χ3n) is 4.75. The molecule has 1 saturated heterocycles. The van der Waals surface area contributed by atoms with E-state index in [0.717, 1.165) is 0 Å². The van der Waals surface area contributed by atoms with Crippen molar-refractivity contribution in [3.05, 3.63) is 48.5 Å². The maximum Gasteiger partial charge on any atom is 0.404 e. The van der Waals surface area contributed by atoms with Gasteiger partial charge in [-0.3, -0.25) is 0 Å². The van der Waals surface area contributed by atoms with E-state index in [4.69, 9.17) is 24.1 Å². The van der Waals surface area contributed by atoms with Gasteiger partial charge in [0, 0.05) is 6.54 Å². The van der Waals surface area contributed by atoms with Gasteiger partial charge in [-0.25, -0.2) is 13.2 Å². The molecule has 0 bridgehead atoms. The summed E-state index contributed by atoms with van der Waals surface area (Å²) in [7, 11) is -2.36. The van der Waals surface area contributed by atoms with Crippen molar-refractivity contribution in [3.63, 3.8) is 0 Å². The molecule has 1 amide bonds. The van der Waals surface area contributed by atoms with E-state index >= 15 is 0 Å². The molecule has 10 heteroatoms. The Bertz CT molecular complexity index is 1000. The van der Waals surface area contributed by atoms with E-state index in [1.807, 2.05) is 0 Å². The summed E-state index contributed by atoms with van der Waals surface area (Å²) in [5.74, 6) is 0.762. The predicted octanol–water partition coefficient (Wildman–Crippen LogP) is 3.05. The molecule has 0 radical (unpaired) electrons. The van der Waals surface area contributed by atoms with Crippen LogP contribution in [0.5, 0.6) is 17.2 Å². The van der Waals surface area contributed by atoms with Crippen LogP contribution in [-0.2, 0) is 19.3 Å². The molecule has 1 fully saturated rings. The summed E-state index contributed by atoms with van der Waals surface area (Å²) in [4.78, 5) is 11.0. The third kappa shape index (κ3) is 5.66. The fraction of sp³-hybridized carbons (Fsp3) is 0.381. The second-order valence-corrected chi connectivity index (χ2v) is 9.55. The Kier molecular flexibility index (Phi) is 6.73. The van der Waals surface area contributed by atoms with E-state index in [2.05, 4.69) is 5.32 Å². The van der Waals surface area contributed by atoms with E-state index in [1.54, 1.807) is 45.2 Å². The van der Waals surface area contributed by atoms with Crippen molar-refractivity contribution < 1.29 is 37.3 Å². The van der Waals surface area contributed by atoms with Gasteiger partial charge in [0.2, 0.25) is 0 Å². The van der Waals surface area contributed by atoms with E-state index in [0.29, 0.717) is 17.2 Å². The molecule has 0 spiro atoms. The largest absolute Gasteiger partial charge is 0.497 e. The fourth-order valence-corrected chi connectivity index (χ4v) is 4.88. The SMILES string of the molecule is COc1ccc(Oc2ccc(S(=O)(=O)C(CNC(=O)O)[C@@H]3COC(C)(C)O3)cc2)cc1. The van der Waals surface area contributed by atoms with Crippen LogP contribution in [0.1, 0.15) is 13.8 Å². The van der Waals surface area contributed by atoms with Crippen LogP contribution in [0, 0.1) is 0 Å². The molecule has 1 aliphatic rings. The summed E-state index contributed by atoms with van der Waals surface area (Å²) < 4.78 is 48.5. The summed E-state index contributed by atoms with van der Waals surface area (Å²) in [6.07, 6.45) is -2.14. The summed E-state index contributed by atoms with van der Waals surface area (Å²) in [6, 6.07) is 12.9. The van der Waals surface area contributed by atoms with Gasteiger partial charge in [0.25, 0.3) is 0 Å². The summed E-state index contributed by atoms with van der Waals surface area (Å²) in [6.45, 7) is 3.06. The zero-order chi connectivity index (χ0) is 22.6. The fourth-order valence-electron chi connectivity index (χ4n) is 3.18. The molecule has 0 aromatic heterocycles. The smallest absolute Gasteiger partial charge is 0.404 e. The molecule has 2 N–H and O–H groups in total. The molecule has 31 heavy (non-hydrogen) atoms. The highest BCUT2D eigenvalue weighted by Gasteiger charge is 2.43. The second-order valence-electron chi connectivity index (χ2n) is 7.39. The Morgan fingerprint density at radius 3 is 2.16 bits per heavy atom. The minimum atomic E-state index is -3.93. The van der Waals surface area contributed by atoms with Gasteiger partial charge < -0.3 is 29.4 Å². The predicted molar refractivity (Wildman–Crippen MR) is 111 cm³/mol. The Morgan fingerprint density at radius 1 is 1.13 bits per heavy atom. The van der Waals surface area contributed by atoms with Crippen LogP contribution in [0.2, 0.25) is 0 Å². The number of carboxylic acid groups (broad SMARTS) is 1. The third-order valence-corrected chi connectivity index (χ3v) is 6.94. The van der Waals surface area contributed by atoms with Gasteiger partial charge in [-0.1, -0.05) is 0 Å². The molecule has 0 aliphatic carbocycles. The number of amides is 1. The first-order chi connectivity index (χ1) is 14.6. The van der Waals surface area contributed by atoms with Crippen LogP contribution in [0.25, 0.3) is 0 Å². The topological polar surface area (TPSA) is 120 Å². The van der Waals surface area contributed by atoms with Crippen molar-refractivity contribution >= 4 is 15.9 Å². The molecule has 3 rings (SSSR count). The first kappa shape index (κ1) is 22.9. The molecular formula is C21H25NO8S. The Morgan fingerprint density at radius 2 is 1.68 bits per heavy atom. The maximum absolute atomic E-state index is 13.3. The quantitative estimate of drug-likeness (QED) is 0.628. The van der Waals surface area contributed by atoms with Crippen LogP contribution < -0.4 is 14.8 Å². The number of ether oxygens (including phenoxy) is 4. The van der Waals surface area contributed by atoms with Crippen LogP contribution in [-0.4, -0.2) is 57.0 Å². The highest BCUT2D eigenvalue weighted by Crippen LogP contribution is 2.31. The highest BCUT2D eigenvalue weighted by atomic mass is 32.2. The summed E-state index contributed by atoms with van der Waals surface area (Å²) in [5, 5.41) is 9.94. The Hall–Kier alpha value is -2.82. The lowest BCUT2D eigenvalue weighted by molar-refractivity contribution is -0.138. The van der Waals surface area contributed by atoms with Crippen LogP contribution >= 0.6 is 0 Å². The van der Waals surface area contributed by atoms with Gasteiger partial charge in [0.1, 0.15) is 28.6 Å². The minimum Gasteiger partial charge on any atom is -0.497 e. The average molecular weight is 451 g/mol. The zero-order valence-corrected chi connectivity index (χ0v) is 18.2. The number of rotatable bonds is 8. The first-order valence-electron chi connectivity index (χ1n) is 9.55. The molecule has 9 nitrogen and oxygen atoms in total. The van der Waals surface area contributed by atoms with Crippen molar-refractivity contribution in [2.24, 2.45) is 0 Å². The van der Waals surface area contributed by atoms with Gasteiger partial charge >= 0.3 is 6.09 Å². The zero-order valence-electron chi connectivity index (χ0n) is 17.4. The van der Waals surface area contributed by atoms with Gasteiger partial charge in [0.15, 0.2) is 15.6 Å². The first-order valence-corrected chi connectivity index (χ1v) is 11.1. The van der Waals surface area contributed by atoms with Crippen LogP contribution in [0.4, 0.5) is 4.79 Å². The normalized spacial score (nSPS) is 18.9. The van der Waals surface area contributed by atoms with E-state index in [-0.39, 0.29) is 18.0 Å². The van der Waals surface area contributed by atoms with Gasteiger partial charge in [0.05, 0.1) is 18.6 Å². The van der Waals surface area contributed by atoms with Crippen molar-refractivity contribution in [3.8, 4) is 17.2 Å². The number of methoxy groups -OCH3 is 1. The number of sulfone groups is 1. The Balaban J connectivity index is 1.79. The van der Waals surface area contributed by atoms with Crippen molar-refractivity contribution in [2.75, 3.05) is 20.3 Å². The molecule has 0 saturated carbocycles. The monoisotopic (exact) mass is 451 g/mol. The van der Waals surface area contributed by atoms with Crippen molar-refractivity contribution in [1.29, 1.82) is 0 Å². The van der Waals surface area contributed by atoms with E-state index < -0.39 is 33.1 Å². The van der Waals surface area contributed by atoms with Gasteiger partial charge in [-0.15, -0.1) is 0 Å². The van der Waals surface area contributed by atoms with E-state index in [1.165, 1.54) is 24.3 Å². The Labute approximate surface area is 180 Å². The molecular weight excluding hydrogens is 426 g/mol. The highest BCUT2D eigenvalue weighted by molar-refractivity contribution is 7.92. The molecule has 2 aromatic rings. The summed E-state index contributed by atoms with van der Waals surface area (Å²) >= 11 is 0. The molecule has 2 aromatic carbocycles. The minimum absolute atomic E-state index is 0.0278. The van der Waals surface area contributed by atoms with Gasteiger partial charge in [-0.2, -0.15) is 0 Å². The van der Waals surface area contributed by atoms with Crippen LogP contribution in [0.15, 0.2) is 53.4 Å². The lowest BCUT2D eigenvalue weighted by atomic mass is 10.2. The molecule has 1 aliphatic heterocycles. The number of nitrogens with one attached hydrogen (secondary N) is 1. The number of hydrogen-bond donors (Lipinski definition) is 2. The lowest BCUT2D eigenvalue weighted by Crippen LogP contribution is -2.45. The maximum atomic E-state index is 13.3. The van der Waals surface area contributed by atoms with Crippen molar-refractivity contribution in [1.82, 2.24) is 5.32 Å².